The Bertz CT molecular complexity index is 798. The molecule has 0 radical (unpaired) electrons. The van der Waals surface area contributed by atoms with Crippen molar-refractivity contribution in [2.75, 3.05) is 20.2 Å². The molecular weight excluding hydrogens is 351 g/mol. The van der Waals surface area contributed by atoms with Gasteiger partial charge in [0.1, 0.15) is 6.10 Å². The second kappa shape index (κ2) is 7.19. The summed E-state index contributed by atoms with van der Waals surface area (Å²) in [5, 5.41) is 0. The van der Waals surface area contributed by atoms with Gasteiger partial charge in [-0.3, -0.25) is 4.79 Å². The summed E-state index contributed by atoms with van der Waals surface area (Å²) in [4.78, 5) is 22.0. The number of halogens is 3. The molecule has 1 aliphatic heterocycles. The number of carbonyl (C=O) groups is 1. The highest BCUT2D eigenvalue weighted by Crippen LogP contribution is 2.30. The van der Waals surface area contributed by atoms with Gasteiger partial charge >= 0.3 is 6.18 Å². The van der Waals surface area contributed by atoms with Crippen LogP contribution in [0.2, 0.25) is 0 Å². The first-order valence-corrected chi connectivity index (χ1v) is 7.86. The van der Waals surface area contributed by atoms with Crippen LogP contribution < -0.4 is 9.47 Å². The van der Waals surface area contributed by atoms with Crippen molar-refractivity contribution in [1.82, 2.24) is 14.9 Å². The Kier molecular flexibility index (Phi) is 4.97. The Morgan fingerprint density at radius 1 is 1.23 bits per heavy atom. The van der Waals surface area contributed by atoms with Crippen LogP contribution in [-0.4, -0.2) is 47.1 Å². The second-order valence-electron chi connectivity index (χ2n) is 5.73. The third-order valence-electron chi connectivity index (χ3n) is 3.97. The van der Waals surface area contributed by atoms with Gasteiger partial charge in [0.05, 0.1) is 19.2 Å². The normalized spacial score (nSPS) is 17.2. The second-order valence-corrected chi connectivity index (χ2v) is 5.73. The number of ether oxygens (including phenoxy) is 2. The highest BCUT2D eigenvalue weighted by atomic mass is 19.4. The van der Waals surface area contributed by atoms with Gasteiger partial charge in [-0.1, -0.05) is 6.07 Å². The molecule has 0 bridgehead atoms. The molecular formula is C17H16F3N3O3. The van der Waals surface area contributed by atoms with E-state index in [4.69, 9.17) is 9.47 Å². The zero-order chi connectivity index (χ0) is 18.7. The molecule has 1 fully saturated rings. The Hall–Kier alpha value is -2.84. The van der Waals surface area contributed by atoms with E-state index in [-0.39, 0.29) is 30.0 Å². The highest BCUT2D eigenvalue weighted by molar-refractivity contribution is 5.94. The van der Waals surface area contributed by atoms with Gasteiger partial charge < -0.3 is 14.4 Å². The van der Waals surface area contributed by atoms with Crippen molar-refractivity contribution >= 4 is 5.91 Å². The number of methoxy groups -OCH3 is 1. The SMILES string of the molecule is COc1nccnc1O[C@@H]1CCN(C(=O)c2cccc(C(F)(F)F)c2)C1. The molecule has 1 aromatic heterocycles. The van der Waals surface area contributed by atoms with Gasteiger partial charge in [0.2, 0.25) is 0 Å². The van der Waals surface area contributed by atoms with Crippen molar-refractivity contribution < 1.29 is 27.4 Å². The van der Waals surface area contributed by atoms with Crippen LogP contribution in [0.5, 0.6) is 11.8 Å². The zero-order valence-electron chi connectivity index (χ0n) is 13.9. The van der Waals surface area contributed by atoms with Gasteiger partial charge in [0, 0.05) is 30.9 Å². The molecule has 3 rings (SSSR count). The van der Waals surface area contributed by atoms with E-state index in [0.717, 1.165) is 12.1 Å². The lowest BCUT2D eigenvalue weighted by molar-refractivity contribution is -0.137. The molecule has 2 aromatic rings. The van der Waals surface area contributed by atoms with E-state index in [1.54, 1.807) is 0 Å². The lowest BCUT2D eigenvalue weighted by Crippen LogP contribution is -2.31. The number of benzene rings is 1. The Morgan fingerprint density at radius 2 is 1.96 bits per heavy atom. The molecule has 9 heteroatoms. The average molecular weight is 367 g/mol. The van der Waals surface area contributed by atoms with Crippen LogP contribution in [0.4, 0.5) is 13.2 Å². The molecule has 1 atom stereocenters. The fraction of sp³-hybridized carbons (Fsp3) is 0.353. The highest BCUT2D eigenvalue weighted by Gasteiger charge is 2.33. The molecule has 1 aromatic carbocycles. The van der Waals surface area contributed by atoms with Crippen LogP contribution in [0.1, 0.15) is 22.3 Å². The summed E-state index contributed by atoms with van der Waals surface area (Å²) in [7, 11) is 1.44. The van der Waals surface area contributed by atoms with Crippen LogP contribution >= 0.6 is 0 Å². The first-order valence-electron chi connectivity index (χ1n) is 7.86. The van der Waals surface area contributed by atoms with Crippen molar-refractivity contribution in [3.8, 4) is 11.8 Å². The van der Waals surface area contributed by atoms with Crippen molar-refractivity contribution in [1.29, 1.82) is 0 Å². The summed E-state index contributed by atoms with van der Waals surface area (Å²) in [6.45, 7) is 0.622. The predicted molar refractivity (Wildman–Crippen MR) is 85.0 cm³/mol. The Balaban J connectivity index is 1.68. The molecule has 138 valence electrons. The number of aromatic nitrogens is 2. The summed E-state index contributed by atoms with van der Waals surface area (Å²) in [5.41, 5.74) is -0.850. The van der Waals surface area contributed by atoms with E-state index in [1.807, 2.05) is 0 Å². The van der Waals surface area contributed by atoms with Gasteiger partial charge in [-0.25, -0.2) is 9.97 Å². The van der Waals surface area contributed by atoms with E-state index < -0.39 is 17.6 Å². The van der Waals surface area contributed by atoms with E-state index in [2.05, 4.69) is 9.97 Å². The van der Waals surface area contributed by atoms with Gasteiger partial charge in [0.15, 0.2) is 0 Å². The molecule has 1 amide bonds. The van der Waals surface area contributed by atoms with Gasteiger partial charge in [-0.15, -0.1) is 0 Å². The predicted octanol–water partition coefficient (Wildman–Crippen LogP) is 2.80. The molecule has 0 aliphatic carbocycles. The van der Waals surface area contributed by atoms with Crippen LogP contribution in [0, 0.1) is 0 Å². The minimum atomic E-state index is -4.49. The molecule has 1 aliphatic rings. The van der Waals surface area contributed by atoms with E-state index in [0.29, 0.717) is 13.0 Å². The summed E-state index contributed by atoms with van der Waals surface area (Å²) in [6.07, 6.45) is -1.38. The van der Waals surface area contributed by atoms with Gasteiger partial charge in [-0.2, -0.15) is 13.2 Å². The zero-order valence-corrected chi connectivity index (χ0v) is 13.9. The standard InChI is InChI=1S/C17H16F3N3O3/c1-25-14-15(22-7-6-21-14)26-13-5-8-23(10-13)16(24)11-3-2-4-12(9-11)17(18,19)20/h2-4,6-7,9,13H,5,8,10H2,1H3/t13-/m1/s1. The molecule has 2 heterocycles. The summed E-state index contributed by atoms with van der Waals surface area (Å²) >= 11 is 0. The lowest BCUT2D eigenvalue weighted by atomic mass is 10.1. The molecule has 6 nitrogen and oxygen atoms in total. The molecule has 0 N–H and O–H groups in total. The minimum absolute atomic E-state index is 0.00226. The van der Waals surface area contributed by atoms with Crippen LogP contribution in [0.3, 0.4) is 0 Å². The number of alkyl halides is 3. The molecule has 0 unspecified atom stereocenters. The number of amides is 1. The third kappa shape index (κ3) is 3.87. The maximum absolute atomic E-state index is 12.8. The summed E-state index contributed by atoms with van der Waals surface area (Å²) in [5.74, 6) is -0.0168. The van der Waals surface area contributed by atoms with E-state index >= 15 is 0 Å². The maximum Gasteiger partial charge on any atom is 0.416 e. The largest absolute Gasteiger partial charge is 0.477 e. The van der Waals surface area contributed by atoms with E-state index in [1.165, 1.54) is 36.5 Å². The number of carbonyl (C=O) groups excluding carboxylic acids is 1. The molecule has 1 saturated heterocycles. The lowest BCUT2D eigenvalue weighted by Gasteiger charge is -2.18. The van der Waals surface area contributed by atoms with Crippen LogP contribution in [-0.2, 0) is 6.18 Å². The maximum atomic E-state index is 12.8. The number of hydrogen-bond donors (Lipinski definition) is 0. The van der Waals surface area contributed by atoms with Crippen molar-refractivity contribution in [2.45, 2.75) is 18.7 Å². The van der Waals surface area contributed by atoms with Crippen molar-refractivity contribution in [2.24, 2.45) is 0 Å². The van der Waals surface area contributed by atoms with Crippen molar-refractivity contribution in [3.05, 3.63) is 47.8 Å². The molecule has 0 spiro atoms. The quantitative estimate of drug-likeness (QED) is 0.832. The fourth-order valence-corrected chi connectivity index (χ4v) is 2.71. The monoisotopic (exact) mass is 367 g/mol. The molecule has 26 heavy (non-hydrogen) atoms. The first kappa shape index (κ1) is 18.0. The number of likely N-dealkylation sites (tertiary alicyclic amines) is 1. The Morgan fingerprint density at radius 3 is 2.65 bits per heavy atom. The minimum Gasteiger partial charge on any atom is -0.477 e. The van der Waals surface area contributed by atoms with Crippen LogP contribution in [0.15, 0.2) is 36.7 Å². The third-order valence-corrected chi connectivity index (χ3v) is 3.97. The van der Waals surface area contributed by atoms with Gasteiger partial charge in [0.25, 0.3) is 17.7 Å². The molecule has 0 saturated carbocycles. The average Bonchev–Trinajstić information content (AvgIpc) is 3.09. The van der Waals surface area contributed by atoms with E-state index in [9.17, 15) is 18.0 Å². The van der Waals surface area contributed by atoms with Crippen molar-refractivity contribution in [3.63, 3.8) is 0 Å². The smallest absolute Gasteiger partial charge is 0.416 e. The topological polar surface area (TPSA) is 64.6 Å². The Labute approximate surface area is 147 Å². The summed E-state index contributed by atoms with van der Waals surface area (Å²) in [6, 6.07) is 4.40. The summed E-state index contributed by atoms with van der Waals surface area (Å²) < 4.78 is 49.2. The number of nitrogens with zero attached hydrogens (tertiary/aromatic N) is 3. The first-order chi connectivity index (χ1) is 12.4. The number of rotatable bonds is 4. The fourth-order valence-electron chi connectivity index (χ4n) is 2.71. The number of hydrogen-bond acceptors (Lipinski definition) is 5. The van der Waals surface area contributed by atoms with Crippen LogP contribution in [0.25, 0.3) is 0 Å². The van der Waals surface area contributed by atoms with Gasteiger partial charge in [-0.05, 0) is 18.2 Å².